The molecule has 0 saturated heterocycles. The minimum Gasteiger partial charge on any atom is -0.493 e. The Balaban J connectivity index is 2.71. The second-order valence-corrected chi connectivity index (χ2v) is 4.03. The van der Waals surface area contributed by atoms with Crippen LogP contribution in [0, 0.1) is 0 Å². The lowest BCUT2D eigenvalue weighted by atomic mass is 10.1. The summed E-state index contributed by atoms with van der Waals surface area (Å²) in [6, 6.07) is 3.64. The van der Waals surface area contributed by atoms with Crippen LogP contribution in [0.25, 0.3) is 10.9 Å². The van der Waals surface area contributed by atoms with Crippen molar-refractivity contribution in [2.24, 2.45) is 7.05 Å². The Labute approximate surface area is 105 Å². The second-order valence-electron chi connectivity index (χ2n) is 4.03. The lowest BCUT2D eigenvalue weighted by Gasteiger charge is -2.10. The molecule has 0 fully saturated rings. The molecule has 5 heteroatoms. The number of aromatic nitrogens is 1. The molecule has 2 rings (SSSR count). The van der Waals surface area contributed by atoms with E-state index in [1.54, 1.807) is 26.5 Å². The van der Waals surface area contributed by atoms with E-state index in [0.29, 0.717) is 11.5 Å². The number of carboxylic acids is 1. The number of benzene rings is 1. The molecule has 96 valence electrons. The quantitative estimate of drug-likeness (QED) is 0.897. The molecule has 0 aliphatic carbocycles. The molecule has 0 unspecified atom stereocenters. The molecule has 0 aliphatic rings. The van der Waals surface area contributed by atoms with Crippen LogP contribution in [0.2, 0.25) is 0 Å². The standard InChI is InChI=1S/C13H15NO4/c1-14-7-8(6-11(15)16)9-4-5-10(17-2)13(18-3)12(9)14/h4-5,7H,6H2,1-3H3,(H,15,16). The van der Waals surface area contributed by atoms with Gasteiger partial charge in [-0.05, 0) is 17.7 Å². The van der Waals surface area contributed by atoms with Crippen LogP contribution >= 0.6 is 0 Å². The molecule has 0 bridgehead atoms. The van der Waals surface area contributed by atoms with Crippen LogP contribution < -0.4 is 9.47 Å². The van der Waals surface area contributed by atoms with Crippen LogP contribution in [0.4, 0.5) is 0 Å². The minimum absolute atomic E-state index is 0.00712. The Kier molecular flexibility index (Phi) is 3.14. The zero-order valence-corrected chi connectivity index (χ0v) is 10.6. The highest BCUT2D eigenvalue weighted by molar-refractivity contribution is 5.93. The van der Waals surface area contributed by atoms with Gasteiger partial charge >= 0.3 is 5.97 Å². The largest absolute Gasteiger partial charge is 0.493 e. The minimum atomic E-state index is -0.850. The van der Waals surface area contributed by atoms with Gasteiger partial charge in [0.15, 0.2) is 11.5 Å². The van der Waals surface area contributed by atoms with Gasteiger partial charge < -0.3 is 19.1 Å². The van der Waals surface area contributed by atoms with E-state index in [1.807, 2.05) is 17.7 Å². The first-order chi connectivity index (χ1) is 8.58. The molecule has 5 nitrogen and oxygen atoms in total. The van der Waals surface area contributed by atoms with Gasteiger partial charge in [-0.1, -0.05) is 0 Å². The van der Waals surface area contributed by atoms with Crippen molar-refractivity contribution in [3.05, 3.63) is 23.9 Å². The number of rotatable bonds is 4. The summed E-state index contributed by atoms with van der Waals surface area (Å²) in [6.07, 6.45) is 1.80. The highest BCUT2D eigenvalue weighted by Crippen LogP contribution is 2.37. The summed E-state index contributed by atoms with van der Waals surface area (Å²) >= 11 is 0. The monoisotopic (exact) mass is 249 g/mol. The number of aliphatic carboxylic acids is 1. The first kappa shape index (κ1) is 12.3. The maximum atomic E-state index is 10.8. The highest BCUT2D eigenvalue weighted by atomic mass is 16.5. The van der Waals surface area contributed by atoms with E-state index in [4.69, 9.17) is 14.6 Å². The van der Waals surface area contributed by atoms with Crippen LogP contribution in [-0.4, -0.2) is 29.9 Å². The third kappa shape index (κ3) is 1.88. The molecule has 1 N–H and O–H groups in total. The Morgan fingerprint density at radius 3 is 2.61 bits per heavy atom. The van der Waals surface area contributed by atoms with E-state index >= 15 is 0 Å². The fourth-order valence-corrected chi connectivity index (χ4v) is 2.19. The van der Waals surface area contributed by atoms with Crippen LogP contribution in [0.5, 0.6) is 11.5 Å². The fourth-order valence-electron chi connectivity index (χ4n) is 2.19. The summed E-state index contributed by atoms with van der Waals surface area (Å²) in [5.74, 6) is 0.402. The van der Waals surface area contributed by atoms with Gasteiger partial charge in [0.25, 0.3) is 0 Å². The smallest absolute Gasteiger partial charge is 0.307 e. The third-order valence-corrected chi connectivity index (χ3v) is 2.91. The molecule has 0 atom stereocenters. The van der Waals surface area contributed by atoms with Gasteiger partial charge in [-0.15, -0.1) is 0 Å². The van der Waals surface area contributed by atoms with E-state index in [0.717, 1.165) is 16.5 Å². The van der Waals surface area contributed by atoms with Gasteiger partial charge in [0, 0.05) is 18.6 Å². The molecular formula is C13H15NO4. The summed E-state index contributed by atoms with van der Waals surface area (Å²) in [5, 5.41) is 9.77. The van der Waals surface area contributed by atoms with Crippen LogP contribution in [0.15, 0.2) is 18.3 Å². The van der Waals surface area contributed by atoms with E-state index in [1.165, 1.54) is 0 Å². The number of carboxylic acid groups (broad SMARTS) is 1. The number of hydrogen-bond donors (Lipinski definition) is 1. The van der Waals surface area contributed by atoms with Crippen LogP contribution in [0.1, 0.15) is 5.56 Å². The van der Waals surface area contributed by atoms with Crippen molar-refractivity contribution in [1.82, 2.24) is 4.57 Å². The van der Waals surface area contributed by atoms with E-state index in [2.05, 4.69) is 0 Å². The zero-order chi connectivity index (χ0) is 13.3. The van der Waals surface area contributed by atoms with Crippen molar-refractivity contribution in [3.8, 4) is 11.5 Å². The molecule has 1 aromatic carbocycles. The SMILES string of the molecule is COc1ccc2c(CC(=O)O)cn(C)c2c1OC. The van der Waals surface area contributed by atoms with Gasteiger partial charge in [-0.3, -0.25) is 4.79 Å². The first-order valence-corrected chi connectivity index (χ1v) is 5.49. The molecule has 2 aromatic rings. The third-order valence-electron chi connectivity index (χ3n) is 2.91. The number of carbonyl (C=O) groups is 1. The zero-order valence-electron chi connectivity index (χ0n) is 10.6. The number of fused-ring (bicyclic) bond motifs is 1. The predicted octanol–water partition coefficient (Wildman–Crippen LogP) is 1.82. The normalized spacial score (nSPS) is 10.6. The molecule has 0 saturated carbocycles. The molecule has 0 spiro atoms. The average molecular weight is 249 g/mol. The maximum absolute atomic E-state index is 10.8. The Morgan fingerprint density at radius 2 is 2.06 bits per heavy atom. The summed E-state index contributed by atoms with van der Waals surface area (Å²) < 4.78 is 12.4. The van der Waals surface area contributed by atoms with Crippen molar-refractivity contribution in [2.45, 2.75) is 6.42 Å². The maximum Gasteiger partial charge on any atom is 0.307 e. The lowest BCUT2D eigenvalue weighted by molar-refractivity contribution is -0.136. The van der Waals surface area contributed by atoms with Crippen molar-refractivity contribution >= 4 is 16.9 Å². The van der Waals surface area contributed by atoms with Crippen LogP contribution in [-0.2, 0) is 18.3 Å². The van der Waals surface area contributed by atoms with Crippen molar-refractivity contribution < 1.29 is 19.4 Å². The Morgan fingerprint density at radius 1 is 1.33 bits per heavy atom. The first-order valence-electron chi connectivity index (χ1n) is 5.49. The number of nitrogens with zero attached hydrogens (tertiary/aromatic N) is 1. The Bertz CT molecular complexity index is 601. The molecule has 0 radical (unpaired) electrons. The predicted molar refractivity (Wildman–Crippen MR) is 67.4 cm³/mol. The van der Waals surface area contributed by atoms with Gasteiger partial charge in [-0.2, -0.15) is 0 Å². The second kappa shape index (κ2) is 4.60. The van der Waals surface area contributed by atoms with E-state index in [9.17, 15) is 4.79 Å². The fraction of sp³-hybridized carbons (Fsp3) is 0.308. The summed E-state index contributed by atoms with van der Waals surface area (Å²) in [5.41, 5.74) is 1.61. The summed E-state index contributed by atoms with van der Waals surface area (Å²) in [4.78, 5) is 10.8. The number of ether oxygens (including phenoxy) is 2. The number of aryl methyl sites for hydroxylation is 1. The lowest BCUT2D eigenvalue weighted by Crippen LogP contribution is -1.99. The van der Waals surface area contributed by atoms with E-state index < -0.39 is 5.97 Å². The van der Waals surface area contributed by atoms with Gasteiger partial charge in [0.2, 0.25) is 0 Å². The number of hydrogen-bond acceptors (Lipinski definition) is 3. The van der Waals surface area contributed by atoms with Gasteiger partial charge in [0.1, 0.15) is 0 Å². The molecule has 0 amide bonds. The Hall–Kier alpha value is -2.17. The van der Waals surface area contributed by atoms with Crippen molar-refractivity contribution in [3.63, 3.8) is 0 Å². The summed E-state index contributed by atoms with van der Waals surface area (Å²) in [7, 11) is 5.00. The average Bonchev–Trinajstić information content (AvgIpc) is 2.64. The van der Waals surface area contributed by atoms with Crippen molar-refractivity contribution in [2.75, 3.05) is 14.2 Å². The van der Waals surface area contributed by atoms with E-state index in [-0.39, 0.29) is 6.42 Å². The molecule has 18 heavy (non-hydrogen) atoms. The molecule has 1 aromatic heterocycles. The van der Waals surface area contributed by atoms with Gasteiger partial charge in [-0.25, -0.2) is 0 Å². The summed E-state index contributed by atoms with van der Waals surface area (Å²) in [6.45, 7) is 0. The highest BCUT2D eigenvalue weighted by Gasteiger charge is 2.16. The molecule has 1 heterocycles. The number of methoxy groups -OCH3 is 2. The van der Waals surface area contributed by atoms with Crippen molar-refractivity contribution in [1.29, 1.82) is 0 Å². The van der Waals surface area contributed by atoms with Crippen LogP contribution in [0.3, 0.4) is 0 Å². The topological polar surface area (TPSA) is 60.7 Å². The molecule has 0 aliphatic heterocycles. The molecular weight excluding hydrogens is 234 g/mol. The van der Waals surface area contributed by atoms with Gasteiger partial charge in [0.05, 0.1) is 26.2 Å².